The molecule has 0 radical (unpaired) electrons. The van der Waals surface area contributed by atoms with Crippen molar-refractivity contribution in [2.24, 2.45) is 5.92 Å². The predicted molar refractivity (Wildman–Crippen MR) is 77.3 cm³/mol. The quantitative estimate of drug-likeness (QED) is 0.811. The zero-order chi connectivity index (χ0) is 15.7. The summed E-state index contributed by atoms with van der Waals surface area (Å²) in [7, 11) is 0. The molecule has 0 heterocycles. The van der Waals surface area contributed by atoms with E-state index < -0.39 is 18.5 Å². The van der Waals surface area contributed by atoms with E-state index in [-0.39, 0.29) is 0 Å². The van der Waals surface area contributed by atoms with Gasteiger partial charge in [-0.05, 0) is 30.4 Å². The van der Waals surface area contributed by atoms with Crippen LogP contribution in [-0.2, 0) is 16.2 Å². The molecule has 0 saturated heterocycles. The maximum absolute atomic E-state index is 11.5. The number of amides is 2. The van der Waals surface area contributed by atoms with Crippen LogP contribution < -0.4 is 10.6 Å². The molecular weight excluding hydrogens is 275 g/mol. The van der Waals surface area contributed by atoms with E-state index >= 15 is 0 Å². The molecule has 21 heavy (non-hydrogen) atoms. The van der Waals surface area contributed by atoms with E-state index in [1.807, 2.05) is 12.1 Å². The van der Waals surface area contributed by atoms with Crippen molar-refractivity contribution in [1.29, 1.82) is 0 Å². The monoisotopic (exact) mass is 296 g/mol. The second-order valence-corrected chi connectivity index (χ2v) is 4.92. The van der Waals surface area contributed by atoms with Gasteiger partial charge in [0.15, 0.2) is 0 Å². The van der Waals surface area contributed by atoms with E-state index in [2.05, 4.69) is 41.6 Å². The average Bonchev–Trinajstić information content (AvgIpc) is 2.50. The van der Waals surface area contributed by atoms with E-state index in [1.54, 1.807) is 0 Å². The van der Waals surface area contributed by atoms with Crippen LogP contribution >= 0.6 is 0 Å². The molecule has 0 saturated carbocycles. The second-order valence-electron chi connectivity index (χ2n) is 4.92. The highest BCUT2D eigenvalue weighted by molar-refractivity contribution is 5.80. The van der Waals surface area contributed by atoms with Crippen LogP contribution in [0.3, 0.4) is 0 Å². The van der Waals surface area contributed by atoms with Crippen molar-refractivity contribution < 1.29 is 19.1 Å². The molecule has 0 bridgehead atoms. The zero-order valence-electron chi connectivity index (χ0n) is 12.3. The van der Waals surface area contributed by atoms with Gasteiger partial charge in [-0.15, -0.1) is 0 Å². The summed E-state index contributed by atoms with van der Waals surface area (Å²) in [4.78, 5) is 25.0. The van der Waals surface area contributed by atoms with Gasteiger partial charge in [0.1, 0.15) is 6.54 Å². The molecule has 6 heteroatoms. The molecule has 2 N–H and O–H groups in total. The average molecular weight is 296 g/mol. The highest BCUT2D eigenvalue weighted by atomic mass is 19.3. The lowest BCUT2D eigenvalue weighted by atomic mass is 9.94. The number of carbonyl (C=O) groups is 2. The Labute approximate surface area is 123 Å². The number of halogens is 1. The lowest BCUT2D eigenvalue weighted by Crippen LogP contribution is -2.40. The molecular formula is C15H21FN2O3. The fourth-order valence-electron chi connectivity index (χ4n) is 1.99. The van der Waals surface area contributed by atoms with Crippen LogP contribution in [0, 0.1) is 12.8 Å². The van der Waals surface area contributed by atoms with Gasteiger partial charge in [0.2, 0.25) is 0 Å². The molecule has 1 aromatic rings. The first kappa shape index (κ1) is 16.9. The summed E-state index contributed by atoms with van der Waals surface area (Å²) in [5, 5.41) is 4.90. The van der Waals surface area contributed by atoms with Gasteiger partial charge in [-0.25, -0.2) is 9.59 Å². The van der Waals surface area contributed by atoms with Crippen molar-refractivity contribution in [3.63, 3.8) is 0 Å². The van der Waals surface area contributed by atoms with Gasteiger partial charge in [-0.3, -0.25) is 4.94 Å². The van der Waals surface area contributed by atoms with Crippen LogP contribution in [0.1, 0.15) is 24.5 Å². The third kappa shape index (κ3) is 6.25. The van der Waals surface area contributed by atoms with Crippen LogP contribution in [0.2, 0.25) is 0 Å². The number of nitrogens with one attached hydrogen (secondary N) is 2. The zero-order valence-corrected chi connectivity index (χ0v) is 12.3. The molecule has 0 aliphatic carbocycles. The highest BCUT2D eigenvalue weighted by Gasteiger charge is 2.12. The van der Waals surface area contributed by atoms with Gasteiger partial charge in [-0.2, -0.15) is 0 Å². The van der Waals surface area contributed by atoms with Crippen molar-refractivity contribution in [3.8, 4) is 0 Å². The Morgan fingerprint density at radius 1 is 1.29 bits per heavy atom. The van der Waals surface area contributed by atoms with E-state index in [1.165, 1.54) is 11.1 Å². The number of carbonyl (C=O) groups excluding carboxylic acids is 2. The van der Waals surface area contributed by atoms with Gasteiger partial charge >= 0.3 is 12.0 Å². The van der Waals surface area contributed by atoms with Gasteiger partial charge in [0, 0.05) is 11.1 Å². The third-order valence-corrected chi connectivity index (χ3v) is 3.38. The fraction of sp³-hybridized carbons (Fsp3) is 0.467. The molecule has 0 fully saturated rings. The van der Waals surface area contributed by atoms with E-state index in [0.29, 0.717) is 12.5 Å². The predicted octanol–water partition coefficient (Wildman–Crippen LogP) is 2.29. The lowest BCUT2D eigenvalue weighted by molar-refractivity contribution is -0.182. The first-order valence-electron chi connectivity index (χ1n) is 6.94. The van der Waals surface area contributed by atoms with Crippen LogP contribution in [-0.4, -0.2) is 25.1 Å². The van der Waals surface area contributed by atoms with E-state index in [4.69, 9.17) is 0 Å². The Morgan fingerprint density at radius 3 is 2.62 bits per heavy atom. The molecule has 116 valence electrons. The smallest absolute Gasteiger partial charge is 0.338 e. The van der Waals surface area contributed by atoms with Crippen molar-refractivity contribution >= 4 is 12.0 Å². The van der Waals surface area contributed by atoms with Crippen molar-refractivity contribution in [2.45, 2.75) is 26.7 Å². The summed E-state index contributed by atoms with van der Waals surface area (Å²) in [6.07, 6.45) is 1.79. The number of hydrogen-bond donors (Lipinski definition) is 2. The minimum atomic E-state index is -1.13. The first-order chi connectivity index (χ1) is 10.1. The molecule has 1 atom stereocenters. The van der Waals surface area contributed by atoms with Gasteiger partial charge in [0.05, 0.1) is 0 Å². The summed E-state index contributed by atoms with van der Waals surface area (Å²) in [6.45, 7) is 4.12. The molecule has 2 amide bonds. The molecule has 5 nitrogen and oxygen atoms in total. The van der Waals surface area contributed by atoms with Crippen molar-refractivity contribution in [3.05, 3.63) is 35.4 Å². The fourth-order valence-corrected chi connectivity index (χ4v) is 1.99. The largest absolute Gasteiger partial charge is 0.367 e. The summed E-state index contributed by atoms with van der Waals surface area (Å²) in [5.41, 5.74) is 2.48. The van der Waals surface area contributed by atoms with Crippen LogP contribution in [0.25, 0.3) is 0 Å². The standard InChI is InChI=1S/C15H21FN2O3/c1-3-12(8-13-7-5-4-6-11(13)2)9-17-15(20)18-10-14(19)21-16/h4-7,12H,3,8-10H2,1-2H3,(H2,17,18,20). The molecule has 1 aromatic carbocycles. The number of hydrogen-bond acceptors (Lipinski definition) is 3. The minimum absolute atomic E-state index is 0.296. The van der Waals surface area contributed by atoms with Gasteiger partial charge in [-0.1, -0.05) is 37.6 Å². The number of aryl methyl sites for hydroxylation is 1. The van der Waals surface area contributed by atoms with Crippen LogP contribution in [0.15, 0.2) is 24.3 Å². The highest BCUT2D eigenvalue weighted by Crippen LogP contribution is 2.15. The Kier molecular flexibility index (Phi) is 7.21. The maximum Gasteiger partial charge on any atom is 0.367 e. The third-order valence-electron chi connectivity index (χ3n) is 3.38. The Bertz CT molecular complexity index is 480. The van der Waals surface area contributed by atoms with Gasteiger partial charge < -0.3 is 10.6 Å². The Hall–Kier alpha value is -2.11. The minimum Gasteiger partial charge on any atom is -0.338 e. The summed E-state index contributed by atoms with van der Waals surface area (Å²) < 4.78 is 11.5. The molecule has 0 aliphatic heterocycles. The number of rotatable bonds is 7. The summed E-state index contributed by atoms with van der Waals surface area (Å²) >= 11 is 0. The van der Waals surface area contributed by atoms with Crippen LogP contribution in [0.4, 0.5) is 9.32 Å². The SMILES string of the molecule is CCC(CNC(=O)NCC(=O)OF)Cc1ccccc1C. The molecule has 0 aromatic heterocycles. The van der Waals surface area contributed by atoms with E-state index in [0.717, 1.165) is 12.8 Å². The molecule has 0 aliphatic rings. The topological polar surface area (TPSA) is 67.4 Å². The molecule has 0 spiro atoms. The summed E-state index contributed by atoms with van der Waals surface area (Å²) in [5.74, 6) is -0.831. The number of urea groups is 1. The first-order valence-corrected chi connectivity index (χ1v) is 6.94. The Morgan fingerprint density at radius 2 is 2.00 bits per heavy atom. The summed E-state index contributed by atoms with van der Waals surface area (Å²) in [6, 6.07) is 7.62. The normalized spacial score (nSPS) is 11.6. The molecule has 1 unspecified atom stereocenters. The maximum atomic E-state index is 11.5. The molecule has 1 rings (SSSR count). The van der Waals surface area contributed by atoms with Crippen molar-refractivity contribution in [2.75, 3.05) is 13.1 Å². The lowest BCUT2D eigenvalue weighted by Gasteiger charge is -2.17. The van der Waals surface area contributed by atoms with E-state index in [9.17, 15) is 14.1 Å². The van der Waals surface area contributed by atoms with Crippen molar-refractivity contribution in [1.82, 2.24) is 10.6 Å². The number of benzene rings is 1. The Balaban J connectivity index is 2.39. The van der Waals surface area contributed by atoms with Gasteiger partial charge in [0.25, 0.3) is 0 Å². The van der Waals surface area contributed by atoms with Crippen LogP contribution in [0.5, 0.6) is 0 Å². The second kappa shape index (κ2) is 8.94.